The fourth-order valence-electron chi connectivity index (χ4n) is 3.64. The first-order valence-electron chi connectivity index (χ1n) is 10.7. The fraction of sp³-hybridized carbons (Fsp3) is 0.333. The van der Waals surface area contributed by atoms with E-state index in [0.29, 0.717) is 25.1 Å². The number of benzene rings is 2. The monoisotopic (exact) mass is 436 g/mol. The molecule has 3 rings (SSSR count). The summed E-state index contributed by atoms with van der Waals surface area (Å²) in [4.78, 5) is 27.4. The summed E-state index contributed by atoms with van der Waals surface area (Å²) in [6.45, 7) is 2.70. The van der Waals surface area contributed by atoms with Gasteiger partial charge in [0.1, 0.15) is 11.9 Å². The molecule has 0 aliphatic rings. The summed E-state index contributed by atoms with van der Waals surface area (Å²) in [5.74, 6) is -0.0819. The summed E-state index contributed by atoms with van der Waals surface area (Å²) in [5, 5.41) is 24.3. The van der Waals surface area contributed by atoms with Crippen molar-refractivity contribution in [1.29, 1.82) is 0 Å². The highest BCUT2D eigenvalue weighted by Crippen LogP contribution is 2.21. The quantitative estimate of drug-likeness (QED) is 0.328. The van der Waals surface area contributed by atoms with E-state index in [9.17, 15) is 20.0 Å². The topological polar surface area (TPSA) is 110 Å². The number of nitrogens with zero attached hydrogens (tertiary/aromatic N) is 3. The highest BCUT2D eigenvalue weighted by Gasteiger charge is 2.20. The van der Waals surface area contributed by atoms with E-state index >= 15 is 0 Å². The van der Waals surface area contributed by atoms with Crippen molar-refractivity contribution >= 4 is 11.7 Å². The number of aromatic nitrogens is 2. The van der Waals surface area contributed by atoms with E-state index in [1.807, 2.05) is 34.9 Å². The molecular weight excluding hydrogens is 408 g/mol. The predicted octanol–water partition coefficient (Wildman–Crippen LogP) is 3.97. The molecule has 0 radical (unpaired) electrons. The Balaban J connectivity index is 1.82. The lowest BCUT2D eigenvalue weighted by molar-refractivity contribution is -0.385. The maximum atomic E-state index is 11.8. The van der Waals surface area contributed by atoms with E-state index in [4.69, 9.17) is 0 Å². The van der Waals surface area contributed by atoms with Crippen LogP contribution in [0.2, 0.25) is 0 Å². The van der Waals surface area contributed by atoms with Gasteiger partial charge in [0.15, 0.2) is 0 Å². The molecule has 1 unspecified atom stereocenters. The lowest BCUT2D eigenvalue weighted by Gasteiger charge is -2.17. The number of nitro groups is 1. The summed E-state index contributed by atoms with van der Waals surface area (Å²) >= 11 is 0. The van der Waals surface area contributed by atoms with E-state index in [1.54, 1.807) is 24.4 Å². The second-order valence-electron chi connectivity index (χ2n) is 7.70. The molecule has 2 N–H and O–H groups in total. The van der Waals surface area contributed by atoms with Gasteiger partial charge in [-0.05, 0) is 18.4 Å². The number of hydrogen-bond donors (Lipinski definition) is 2. The van der Waals surface area contributed by atoms with Crippen LogP contribution in [0.5, 0.6) is 0 Å². The Bertz CT molecular complexity index is 1050. The summed E-state index contributed by atoms with van der Waals surface area (Å²) < 4.78 is 1.96. The Hall–Kier alpha value is -3.52. The van der Waals surface area contributed by atoms with Crippen molar-refractivity contribution in [2.24, 2.45) is 0 Å². The summed E-state index contributed by atoms with van der Waals surface area (Å²) in [6.07, 6.45) is 4.80. The predicted molar refractivity (Wildman–Crippen MR) is 121 cm³/mol. The maximum Gasteiger partial charge on any atom is 0.321 e. The van der Waals surface area contributed by atoms with Crippen LogP contribution in [-0.2, 0) is 30.7 Å². The van der Waals surface area contributed by atoms with Crippen molar-refractivity contribution in [2.45, 2.75) is 51.7 Å². The highest BCUT2D eigenvalue weighted by atomic mass is 16.6. The number of unbranched alkanes of at least 4 members (excludes halogenated alkanes) is 1. The average Bonchev–Trinajstić information content (AvgIpc) is 3.17. The molecule has 0 amide bonds. The van der Waals surface area contributed by atoms with Crippen LogP contribution < -0.4 is 5.32 Å². The van der Waals surface area contributed by atoms with Crippen molar-refractivity contribution < 1.29 is 14.8 Å². The summed E-state index contributed by atoms with van der Waals surface area (Å²) in [6, 6.07) is 15.4. The van der Waals surface area contributed by atoms with Crippen LogP contribution in [0.4, 0.5) is 5.69 Å². The molecule has 1 atom stereocenters. The second-order valence-corrected chi connectivity index (χ2v) is 7.70. The van der Waals surface area contributed by atoms with E-state index in [2.05, 4.69) is 17.2 Å². The van der Waals surface area contributed by atoms with E-state index in [-0.39, 0.29) is 10.6 Å². The highest BCUT2D eigenvalue weighted by molar-refractivity contribution is 5.73. The van der Waals surface area contributed by atoms with Gasteiger partial charge in [-0.2, -0.15) is 0 Å². The molecule has 0 aliphatic carbocycles. The number of carboxylic acid groups (broad SMARTS) is 1. The third kappa shape index (κ3) is 6.01. The van der Waals surface area contributed by atoms with Gasteiger partial charge in [0, 0.05) is 30.8 Å². The number of aliphatic carboxylic acids is 1. The number of hydrogen-bond acceptors (Lipinski definition) is 5. The van der Waals surface area contributed by atoms with Crippen molar-refractivity contribution in [2.75, 3.05) is 0 Å². The minimum Gasteiger partial charge on any atom is -0.480 e. The van der Waals surface area contributed by atoms with Gasteiger partial charge in [-0.15, -0.1) is 0 Å². The molecule has 8 heteroatoms. The number of carboxylic acids is 1. The smallest absolute Gasteiger partial charge is 0.321 e. The second kappa shape index (κ2) is 11.2. The summed E-state index contributed by atoms with van der Waals surface area (Å²) in [5.41, 5.74) is 2.39. The van der Waals surface area contributed by atoms with Gasteiger partial charge in [0.05, 0.1) is 17.2 Å². The number of rotatable bonds is 12. The van der Waals surface area contributed by atoms with E-state index in [0.717, 1.165) is 36.3 Å². The van der Waals surface area contributed by atoms with Gasteiger partial charge < -0.3 is 9.67 Å². The zero-order valence-electron chi connectivity index (χ0n) is 18.1. The molecule has 0 saturated carbocycles. The van der Waals surface area contributed by atoms with Crippen LogP contribution in [0, 0.1) is 10.1 Å². The van der Waals surface area contributed by atoms with Crippen LogP contribution in [0.15, 0.2) is 60.8 Å². The zero-order chi connectivity index (χ0) is 22.9. The number of aryl methyl sites for hydroxylation is 1. The molecule has 8 nitrogen and oxygen atoms in total. The molecule has 0 spiro atoms. The van der Waals surface area contributed by atoms with E-state index < -0.39 is 12.0 Å². The molecule has 32 heavy (non-hydrogen) atoms. The van der Waals surface area contributed by atoms with Crippen molar-refractivity contribution in [3.8, 4) is 0 Å². The average molecular weight is 437 g/mol. The first-order valence-corrected chi connectivity index (χ1v) is 10.7. The van der Waals surface area contributed by atoms with Crippen LogP contribution in [0.3, 0.4) is 0 Å². The lowest BCUT2D eigenvalue weighted by atomic mass is 10.1. The molecule has 2 aromatic carbocycles. The van der Waals surface area contributed by atoms with Gasteiger partial charge in [0.2, 0.25) is 0 Å². The molecule has 1 heterocycles. The van der Waals surface area contributed by atoms with E-state index in [1.165, 1.54) is 6.07 Å². The molecule has 0 saturated heterocycles. The van der Waals surface area contributed by atoms with Gasteiger partial charge in [-0.1, -0.05) is 61.9 Å². The fourth-order valence-corrected chi connectivity index (χ4v) is 3.64. The first-order chi connectivity index (χ1) is 15.5. The Labute approximate surface area is 187 Å². The Kier molecular flexibility index (Phi) is 8.10. The number of nitrogens with one attached hydrogen (secondary N) is 1. The number of carbonyl (C=O) groups is 1. The molecule has 3 aromatic rings. The third-order valence-electron chi connectivity index (χ3n) is 5.40. The lowest BCUT2D eigenvalue weighted by Crippen LogP contribution is -2.38. The minimum atomic E-state index is -0.926. The number of imidazole rings is 1. The van der Waals surface area contributed by atoms with Gasteiger partial charge in [0.25, 0.3) is 5.69 Å². The van der Waals surface area contributed by atoms with Crippen LogP contribution in [-0.4, -0.2) is 31.6 Å². The van der Waals surface area contributed by atoms with Gasteiger partial charge in [-0.25, -0.2) is 4.98 Å². The summed E-state index contributed by atoms with van der Waals surface area (Å²) in [7, 11) is 0. The molecule has 1 aromatic heterocycles. The Morgan fingerprint density at radius 1 is 1.19 bits per heavy atom. The van der Waals surface area contributed by atoms with Crippen molar-refractivity contribution in [1.82, 2.24) is 14.9 Å². The van der Waals surface area contributed by atoms with Crippen molar-refractivity contribution in [3.05, 3.63) is 93.6 Å². The van der Waals surface area contributed by atoms with Crippen molar-refractivity contribution in [3.63, 3.8) is 0 Å². The molecule has 0 fully saturated rings. The SMILES string of the molecule is CCCCc1ncc(CNC(Cc2ccccc2)C(=O)O)n1Cc1ccccc1[N+](=O)[O-]. The third-order valence-corrected chi connectivity index (χ3v) is 5.40. The molecular formula is C24H28N4O4. The first kappa shape index (κ1) is 23.1. The van der Waals surface area contributed by atoms with Crippen LogP contribution in [0.25, 0.3) is 0 Å². The number of nitro benzene ring substituents is 1. The van der Waals surface area contributed by atoms with Gasteiger partial charge >= 0.3 is 5.97 Å². The maximum absolute atomic E-state index is 11.8. The largest absolute Gasteiger partial charge is 0.480 e. The number of para-hydroxylation sites is 1. The molecule has 0 aliphatic heterocycles. The van der Waals surface area contributed by atoms with Gasteiger partial charge in [-0.3, -0.25) is 20.2 Å². The normalized spacial score (nSPS) is 11.9. The zero-order valence-corrected chi connectivity index (χ0v) is 18.1. The van der Waals surface area contributed by atoms with Crippen LogP contribution in [0.1, 0.15) is 42.4 Å². The molecule has 168 valence electrons. The standard InChI is InChI=1S/C24H28N4O4/c1-2-3-13-23-26-16-20(27(23)17-19-11-7-8-12-22(19)28(31)32)15-25-21(24(29)30)14-18-9-5-4-6-10-18/h4-12,16,21,25H,2-3,13-15,17H2,1H3,(H,29,30). The Morgan fingerprint density at radius 3 is 2.59 bits per heavy atom. The van der Waals surface area contributed by atoms with Crippen LogP contribution >= 0.6 is 0 Å². The Morgan fingerprint density at radius 2 is 1.91 bits per heavy atom. The minimum absolute atomic E-state index is 0.0639. The molecule has 0 bridgehead atoms.